The summed E-state index contributed by atoms with van der Waals surface area (Å²) < 4.78 is 5.64. The Bertz CT molecular complexity index is 264. The van der Waals surface area contributed by atoms with Crippen LogP contribution in [0.5, 0.6) is 0 Å². The smallest absolute Gasteiger partial charge is 0.0591 e. The highest BCUT2D eigenvalue weighted by atomic mass is 16.5. The Hall–Kier alpha value is -0.380. The summed E-state index contributed by atoms with van der Waals surface area (Å²) in [6.07, 6.45) is 6.03. The van der Waals surface area contributed by atoms with Gasteiger partial charge in [-0.3, -0.25) is 4.90 Å². The summed E-state index contributed by atoms with van der Waals surface area (Å²) in [5.41, 5.74) is 1.42. The van der Waals surface area contributed by atoms with Crippen molar-refractivity contribution in [2.24, 2.45) is 5.92 Å². The molecule has 0 amide bonds. The Kier molecular flexibility index (Phi) is 9.16. The van der Waals surface area contributed by atoms with Crippen molar-refractivity contribution in [1.29, 1.82) is 0 Å². The van der Waals surface area contributed by atoms with Crippen LogP contribution in [0.15, 0.2) is 11.6 Å². The summed E-state index contributed by atoms with van der Waals surface area (Å²) in [4.78, 5) is 2.55. The molecule has 1 fully saturated rings. The van der Waals surface area contributed by atoms with E-state index in [0.717, 1.165) is 32.2 Å². The van der Waals surface area contributed by atoms with Gasteiger partial charge >= 0.3 is 0 Å². The quantitative estimate of drug-likeness (QED) is 0.519. The number of nitrogens with zero attached hydrogens (tertiary/aromatic N) is 1. The predicted octanol–water partition coefficient (Wildman–Crippen LogP) is 3.07. The van der Waals surface area contributed by atoms with Gasteiger partial charge in [-0.05, 0) is 52.1 Å². The molecule has 1 heterocycles. The van der Waals surface area contributed by atoms with Gasteiger partial charge in [-0.2, -0.15) is 0 Å². The fourth-order valence-electron chi connectivity index (χ4n) is 2.39. The number of hydrogen-bond acceptors (Lipinski definition) is 3. The lowest BCUT2D eigenvalue weighted by Crippen LogP contribution is -2.43. The summed E-state index contributed by atoms with van der Waals surface area (Å²) in [5.74, 6) is 0.744. The minimum Gasteiger partial charge on any atom is -0.380 e. The number of ether oxygens (including phenoxy) is 1. The average Bonchev–Trinajstić information content (AvgIpc) is 2.41. The third-order valence-corrected chi connectivity index (χ3v) is 3.86. The summed E-state index contributed by atoms with van der Waals surface area (Å²) in [7, 11) is 0. The van der Waals surface area contributed by atoms with Crippen molar-refractivity contribution < 1.29 is 4.74 Å². The number of allylic oxidation sites excluding steroid dienone is 1. The fraction of sp³-hybridized carbons (Fsp3) is 0.882. The van der Waals surface area contributed by atoms with Crippen LogP contribution >= 0.6 is 0 Å². The number of hydrogen-bond donors (Lipinski definition) is 1. The second-order valence-electron chi connectivity index (χ2n) is 6.61. The third kappa shape index (κ3) is 8.72. The van der Waals surface area contributed by atoms with Gasteiger partial charge in [-0.15, -0.1) is 0 Å². The molecule has 0 aromatic rings. The Morgan fingerprint density at radius 3 is 2.55 bits per heavy atom. The van der Waals surface area contributed by atoms with Gasteiger partial charge in [-0.1, -0.05) is 25.5 Å². The van der Waals surface area contributed by atoms with Crippen LogP contribution < -0.4 is 5.32 Å². The van der Waals surface area contributed by atoms with Crippen LogP contribution in [0.3, 0.4) is 0 Å². The van der Waals surface area contributed by atoms with Crippen molar-refractivity contribution in [3.8, 4) is 0 Å². The molecule has 1 saturated heterocycles. The Labute approximate surface area is 125 Å². The summed E-state index contributed by atoms with van der Waals surface area (Å²) >= 11 is 0. The minimum atomic E-state index is 0.687. The Balaban J connectivity index is 1.98. The molecule has 0 aliphatic carbocycles. The largest absolute Gasteiger partial charge is 0.380 e. The Morgan fingerprint density at radius 1 is 1.25 bits per heavy atom. The predicted molar refractivity (Wildman–Crippen MR) is 87.2 cm³/mol. The molecule has 0 spiro atoms. The van der Waals surface area contributed by atoms with Gasteiger partial charge in [-0.25, -0.2) is 0 Å². The Morgan fingerprint density at radius 2 is 1.95 bits per heavy atom. The molecule has 0 bridgehead atoms. The number of nitrogens with one attached hydrogen (secondary N) is 1. The van der Waals surface area contributed by atoms with Crippen LogP contribution in [0.4, 0.5) is 0 Å². The molecule has 0 radical (unpaired) electrons. The van der Waals surface area contributed by atoms with Gasteiger partial charge in [0.15, 0.2) is 0 Å². The molecule has 1 N–H and O–H groups in total. The zero-order valence-electron chi connectivity index (χ0n) is 14.0. The molecule has 1 rings (SSSR count). The van der Waals surface area contributed by atoms with Crippen molar-refractivity contribution in [2.75, 3.05) is 39.4 Å². The lowest BCUT2D eigenvalue weighted by atomic mass is 10.1. The summed E-state index contributed by atoms with van der Waals surface area (Å²) in [6, 6.07) is 0.687. The zero-order valence-corrected chi connectivity index (χ0v) is 14.0. The monoisotopic (exact) mass is 282 g/mol. The van der Waals surface area contributed by atoms with Gasteiger partial charge in [0.25, 0.3) is 0 Å². The molecule has 0 aromatic heterocycles. The molecule has 1 aliphatic heterocycles. The topological polar surface area (TPSA) is 24.5 Å². The molecule has 0 aromatic carbocycles. The summed E-state index contributed by atoms with van der Waals surface area (Å²) in [6.45, 7) is 15.1. The molecule has 0 saturated carbocycles. The van der Waals surface area contributed by atoms with Gasteiger partial charge in [0.05, 0.1) is 6.61 Å². The first-order valence-electron chi connectivity index (χ1n) is 8.24. The molecular weight excluding hydrogens is 248 g/mol. The maximum absolute atomic E-state index is 5.64. The maximum Gasteiger partial charge on any atom is 0.0591 e. The van der Waals surface area contributed by atoms with E-state index in [0.29, 0.717) is 6.04 Å². The number of rotatable bonds is 9. The minimum absolute atomic E-state index is 0.687. The van der Waals surface area contributed by atoms with Crippen LogP contribution in [-0.4, -0.2) is 50.3 Å². The van der Waals surface area contributed by atoms with Gasteiger partial charge in [0, 0.05) is 25.7 Å². The van der Waals surface area contributed by atoms with E-state index in [2.05, 4.69) is 44.0 Å². The first-order chi connectivity index (χ1) is 9.58. The molecule has 1 aliphatic rings. The fourth-order valence-corrected chi connectivity index (χ4v) is 2.39. The summed E-state index contributed by atoms with van der Waals surface area (Å²) in [5, 5.41) is 3.63. The molecule has 3 heteroatoms. The van der Waals surface area contributed by atoms with Crippen LogP contribution in [0.1, 0.15) is 47.0 Å². The van der Waals surface area contributed by atoms with Crippen molar-refractivity contribution in [1.82, 2.24) is 10.2 Å². The van der Waals surface area contributed by atoms with Crippen LogP contribution in [0.25, 0.3) is 0 Å². The number of likely N-dealkylation sites (tertiary alicyclic amines) is 1. The zero-order chi connectivity index (χ0) is 14.8. The van der Waals surface area contributed by atoms with Crippen molar-refractivity contribution in [2.45, 2.75) is 53.0 Å². The van der Waals surface area contributed by atoms with E-state index >= 15 is 0 Å². The average molecular weight is 282 g/mol. The number of piperidine rings is 1. The van der Waals surface area contributed by atoms with Crippen LogP contribution in [0.2, 0.25) is 0 Å². The van der Waals surface area contributed by atoms with Gasteiger partial charge < -0.3 is 10.1 Å². The molecule has 0 atom stereocenters. The third-order valence-electron chi connectivity index (χ3n) is 3.86. The van der Waals surface area contributed by atoms with E-state index in [1.54, 1.807) is 0 Å². The lowest BCUT2D eigenvalue weighted by molar-refractivity contribution is 0.119. The normalized spacial score (nSPS) is 17.6. The second-order valence-corrected chi connectivity index (χ2v) is 6.61. The highest BCUT2D eigenvalue weighted by molar-refractivity contribution is 4.95. The standard InChI is InChI=1S/C17H34N2O/c1-15(2)5-10-19-11-6-17(7-12-19)18-9-14-20-13-8-16(3)4/h5,16-18H,6-14H2,1-4H3. The highest BCUT2D eigenvalue weighted by Gasteiger charge is 2.17. The lowest BCUT2D eigenvalue weighted by Gasteiger charge is -2.31. The molecule has 118 valence electrons. The van der Waals surface area contributed by atoms with E-state index < -0.39 is 0 Å². The molecule has 20 heavy (non-hydrogen) atoms. The van der Waals surface area contributed by atoms with Gasteiger partial charge in [0.2, 0.25) is 0 Å². The van der Waals surface area contributed by atoms with Crippen molar-refractivity contribution in [3.05, 3.63) is 11.6 Å². The van der Waals surface area contributed by atoms with Gasteiger partial charge in [0.1, 0.15) is 0 Å². The second kappa shape index (κ2) is 10.4. The van der Waals surface area contributed by atoms with E-state index in [1.807, 2.05) is 0 Å². The van der Waals surface area contributed by atoms with Crippen LogP contribution in [-0.2, 0) is 4.74 Å². The first-order valence-corrected chi connectivity index (χ1v) is 8.24. The van der Waals surface area contributed by atoms with Crippen molar-refractivity contribution in [3.63, 3.8) is 0 Å². The van der Waals surface area contributed by atoms with E-state index in [4.69, 9.17) is 4.74 Å². The van der Waals surface area contributed by atoms with Crippen LogP contribution in [0, 0.1) is 5.92 Å². The van der Waals surface area contributed by atoms with E-state index in [1.165, 1.54) is 37.9 Å². The molecule has 3 nitrogen and oxygen atoms in total. The highest BCUT2D eigenvalue weighted by Crippen LogP contribution is 2.10. The molecule has 0 unspecified atom stereocenters. The molecular formula is C17H34N2O. The van der Waals surface area contributed by atoms with E-state index in [-0.39, 0.29) is 0 Å². The van der Waals surface area contributed by atoms with Crippen molar-refractivity contribution >= 4 is 0 Å². The van der Waals surface area contributed by atoms with E-state index in [9.17, 15) is 0 Å². The SMILES string of the molecule is CC(C)=CCN1CCC(NCCOCCC(C)C)CC1. The maximum atomic E-state index is 5.64. The first kappa shape index (κ1) is 17.7.